The molecule has 1 unspecified atom stereocenters. The smallest absolute Gasteiger partial charge is 0.243 e. The summed E-state index contributed by atoms with van der Waals surface area (Å²) < 4.78 is 0. The molecule has 0 bridgehead atoms. The SMILES string of the molecule is CCNC(=O)C(Cc1ccccc1)N(Cc1ccccc1C)C(=O)CSc1ccccc1. The quantitative estimate of drug-likeness (QED) is 0.452. The van der Waals surface area contributed by atoms with Crippen molar-refractivity contribution in [2.24, 2.45) is 0 Å². The molecule has 0 fully saturated rings. The van der Waals surface area contributed by atoms with Gasteiger partial charge in [-0.25, -0.2) is 0 Å². The van der Waals surface area contributed by atoms with E-state index in [-0.39, 0.29) is 17.6 Å². The molecule has 1 atom stereocenters. The first-order chi connectivity index (χ1) is 15.6. The van der Waals surface area contributed by atoms with Gasteiger partial charge in [-0.2, -0.15) is 0 Å². The molecular weight excluding hydrogens is 416 g/mol. The number of amides is 2. The number of hydrogen-bond donors (Lipinski definition) is 1. The zero-order valence-electron chi connectivity index (χ0n) is 18.7. The van der Waals surface area contributed by atoms with Crippen molar-refractivity contribution in [2.75, 3.05) is 12.3 Å². The topological polar surface area (TPSA) is 49.4 Å². The number of thioether (sulfide) groups is 1. The van der Waals surface area contributed by atoms with Crippen molar-refractivity contribution in [1.29, 1.82) is 0 Å². The van der Waals surface area contributed by atoms with Gasteiger partial charge in [0.1, 0.15) is 6.04 Å². The Labute approximate surface area is 195 Å². The average molecular weight is 447 g/mol. The van der Waals surface area contributed by atoms with E-state index in [2.05, 4.69) is 5.32 Å². The minimum Gasteiger partial charge on any atom is -0.355 e. The molecule has 3 rings (SSSR count). The van der Waals surface area contributed by atoms with Gasteiger partial charge in [-0.1, -0.05) is 72.8 Å². The van der Waals surface area contributed by atoms with Crippen molar-refractivity contribution >= 4 is 23.6 Å². The van der Waals surface area contributed by atoms with Crippen LogP contribution < -0.4 is 5.32 Å². The summed E-state index contributed by atoms with van der Waals surface area (Å²) in [4.78, 5) is 29.4. The van der Waals surface area contributed by atoms with Crippen LogP contribution in [0, 0.1) is 6.92 Å². The van der Waals surface area contributed by atoms with Crippen molar-refractivity contribution in [3.63, 3.8) is 0 Å². The fourth-order valence-electron chi connectivity index (χ4n) is 3.56. The molecule has 2 amide bonds. The van der Waals surface area contributed by atoms with Crippen LogP contribution in [0.4, 0.5) is 0 Å². The van der Waals surface area contributed by atoms with Crippen LogP contribution in [0.3, 0.4) is 0 Å². The highest BCUT2D eigenvalue weighted by atomic mass is 32.2. The molecule has 5 heteroatoms. The van der Waals surface area contributed by atoms with Crippen LogP contribution in [0.1, 0.15) is 23.6 Å². The van der Waals surface area contributed by atoms with Crippen LogP contribution in [0.5, 0.6) is 0 Å². The molecule has 0 heterocycles. The van der Waals surface area contributed by atoms with E-state index in [4.69, 9.17) is 0 Å². The summed E-state index contributed by atoms with van der Waals surface area (Å²) in [7, 11) is 0. The largest absolute Gasteiger partial charge is 0.355 e. The summed E-state index contributed by atoms with van der Waals surface area (Å²) in [5.74, 6) is 0.109. The standard InChI is InChI=1S/C27H30N2O2S/c1-3-28-27(31)25(18-22-13-6-4-7-14-22)29(19-23-15-11-10-12-21(23)2)26(30)20-32-24-16-8-5-9-17-24/h4-17,25H,3,18-20H2,1-2H3,(H,28,31). The summed E-state index contributed by atoms with van der Waals surface area (Å²) in [6, 6.07) is 27.2. The second-order valence-corrected chi connectivity index (χ2v) is 8.70. The molecule has 0 saturated carbocycles. The van der Waals surface area contributed by atoms with Crippen LogP contribution in [0.2, 0.25) is 0 Å². The lowest BCUT2D eigenvalue weighted by atomic mass is 10.0. The van der Waals surface area contributed by atoms with Crippen LogP contribution in [-0.4, -0.2) is 35.1 Å². The second-order valence-electron chi connectivity index (χ2n) is 7.65. The summed E-state index contributed by atoms with van der Waals surface area (Å²) in [6.07, 6.45) is 0.473. The van der Waals surface area contributed by atoms with E-state index in [0.717, 1.165) is 21.6 Å². The highest BCUT2D eigenvalue weighted by Gasteiger charge is 2.30. The lowest BCUT2D eigenvalue weighted by Gasteiger charge is -2.32. The number of nitrogens with one attached hydrogen (secondary N) is 1. The maximum Gasteiger partial charge on any atom is 0.243 e. The van der Waals surface area contributed by atoms with E-state index < -0.39 is 6.04 Å². The van der Waals surface area contributed by atoms with Gasteiger partial charge in [0.15, 0.2) is 0 Å². The average Bonchev–Trinajstić information content (AvgIpc) is 2.82. The Kier molecular flexibility index (Phi) is 8.93. The molecule has 3 aromatic carbocycles. The fraction of sp³-hybridized carbons (Fsp3) is 0.259. The van der Waals surface area contributed by atoms with Crippen molar-refractivity contribution in [1.82, 2.24) is 10.2 Å². The van der Waals surface area contributed by atoms with Gasteiger partial charge in [-0.15, -0.1) is 11.8 Å². The zero-order chi connectivity index (χ0) is 22.8. The Morgan fingerprint density at radius 2 is 1.53 bits per heavy atom. The second kappa shape index (κ2) is 12.1. The normalized spacial score (nSPS) is 11.6. The number of carbonyl (C=O) groups excluding carboxylic acids is 2. The number of benzene rings is 3. The molecule has 0 aliphatic carbocycles. The van der Waals surface area contributed by atoms with Crippen molar-refractivity contribution in [3.05, 3.63) is 102 Å². The van der Waals surface area contributed by atoms with Gasteiger partial charge in [-0.3, -0.25) is 9.59 Å². The lowest BCUT2D eigenvalue weighted by molar-refractivity contribution is -0.139. The predicted octanol–water partition coefficient (Wildman–Crippen LogP) is 4.86. The Morgan fingerprint density at radius 3 is 2.19 bits per heavy atom. The third kappa shape index (κ3) is 6.72. The molecule has 1 N–H and O–H groups in total. The monoisotopic (exact) mass is 446 g/mol. The first-order valence-electron chi connectivity index (χ1n) is 10.9. The van der Waals surface area contributed by atoms with Gasteiger partial charge in [-0.05, 0) is 42.7 Å². The number of aryl methyl sites for hydroxylation is 1. The Bertz CT molecular complexity index is 1010. The molecule has 32 heavy (non-hydrogen) atoms. The minimum atomic E-state index is -0.583. The van der Waals surface area contributed by atoms with E-state index >= 15 is 0 Å². The third-order valence-electron chi connectivity index (χ3n) is 5.33. The molecule has 0 radical (unpaired) electrons. The van der Waals surface area contributed by atoms with E-state index in [1.807, 2.05) is 98.8 Å². The Balaban J connectivity index is 1.89. The fourth-order valence-corrected chi connectivity index (χ4v) is 4.37. The van der Waals surface area contributed by atoms with E-state index in [1.165, 1.54) is 11.8 Å². The first-order valence-corrected chi connectivity index (χ1v) is 11.9. The number of rotatable bonds is 10. The van der Waals surface area contributed by atoms with Gasteiger partial charge in [0.05, 0.1) is 5.75 Å². The summed E-state index contributed by atoms with van der Waals surface area (Å²) in [6.45, 7) is 4.86. The van der Waals surface area contributed by atoms with Gasteiger partial charge >= 0.3 is 0 Å². The van der Waals surface area contributed by atoms with Crippen molar-refractivity contribution in [3.8, 4) is 0 Å². The van der Waals surface area contributed by atoms with Crippen LogP contribution in [0.25, 0.3) is 0 Å². The van der Waals surface area contributed by atoms with Crippen LogP contribution >= 0.6 is 11.8 Å². The number of hydrogen-bond acceptors (Lipinski definition) is 3. The number of nitrogens with zero attached hydrogens (tertiary/aromatic N) is 1. The van der Waals surface area contributed by atoms with E-state index in [1.54, 1.807) is 4.90 Å². The predicted molar refractivity (Wildman–Crippen MR) is 132 cm³/mol. The summed E-state index contributed by atoms with van der Waals surface area (Å²) in [5, 5.41) is 2.94. The van der Waals surface area contributed by atoms with Crippen LogP contribution in [0.15, 0.2) is 89.8 Å². The van der Waals surface area contributed by atoms with Gasteiger partial charge in [0.2, 0.25) is 11.8 Å². The Hall–Kier alpha value is -3.05. The summed E-state index contributed by atoms with van der Waals surface area (Å²) >= 11 is 1.50. The lowest BCUT2D eigenvalue weighted by Crippen LogP contribution is -2.51. The molecule has 0 saturated heterocycles. The molecule has 166 valence electrons. The molecular formula is C27H30N2O2S. The maximum atomic E-state index is 13.5. The van der Waals surface area contributed by atoms with Gasteiger partial charge in [0, 0.05) is 24.4 Å². The number of likely N-dealkylation sites (N-methyl/N-ethyl adjacent to an activating group) is 1. The van der Waals surface area contributed by atoms with Crippen molar-refractivity contribution in [2.45, 2.75) is 37.8 Å². The summed E-state index contributed by atoms with van der Waals surface area (Å²) in [5.41, 5.74) is 3.19. The zero-order valence-corrected chi connectivity index (χ0v) is 19.5. The molecule has 0 aliphatic rings. The Morgan fingerprint density at radius 1 is 0.906 bits per heavy atom. The highest BCUT2D eigenvalue weighted by molar-refractivity contribution is 8.00. The molecule has 0 aliphatic heterocycles. The van der Waals surface area contributed by atoms with E-state index in [0.29, 0.717) is 19.5 Å². The third-order valence-corrected chi connectivity index (χ3v) is 6.33. The van der Waals surface area contributed by atoms with Crippen LogP contribution in [-0.2, 0) is 22.6 Å². The molecule has 0 aromatic heterocycles. The van der Waals surface area contributed by atoms with Gasteiger partial charge in [0.25, 0.3) is 0 Å². The first kappa shape index (κ1) is 23.6. The maximum absolute atomic E-state index is 13.5. The van der Waals surface area contributed by atoms with E-state index in [9.17, 15) is 9.59 Å². The molecule has 3 aromatic rings. The highest BCUT2D eigenvalue weighted by Crippen LogP contribution is 2.21. The van der Waals surface area contributed by atoms with Gasteiger partial charge < -0.3 is 10.2 Å². The number of carbonyl (C=O) groups is 2. The molecule has 4 nitrogen and oxygen atoms in total. The van der Waals surface area contributed by atoms with Crippen molar-refractivity contribution < 1.29 is 9.59 Å². The molecule has 0 spiro atoms. The minimum absolute atomic E-state index is 0.0470.